The Morgan fingerprint density at radius 3 is 2.42 bits per heavy atom. The molecule has 4 rings (SSSR count). The van der Waals surface area contributed by atoms with Gasteiger partial charge in [0.05, 0.1) is 29.7 Å². The van der Waals surface area contributed by atoms with Crippen LogP contribution in [0.15, 0.2) is 27.6 Å². The average Bonchev–Trinajstić information content (AvgIpc) is 3.09. The summed E-state index contributed by atoms with van der Waals surface area (Å²) in [5, 5.41) is 1.87. The van der Waals surface area contributed by atoms with E-state index in [0.29, 0.717) is 16.8 Å². The van der Waals surface area contributed by atoms with E-state index in [1.807, 2.05) is 12.1 Å². The lowest BCUT2D eigenvalue weighted by Gasteiger charge is -2.28. The molecule has 2 aromatic carbocycles. The number of imide groups is 1. The van der Waals surface area contributed by atoms with E-state index in [1.165, 1.54) is 22.3 Å². The summed E-state index contributed by atoms with van der Waals surface area (Å²) in [6.45, 7) is 8.49. The highest BCUT2D eigenvalue weighted by atomic mass is 79.9. The van der Waals surface area contributed by atoms with Crippen LogP contribution in [0.1, 0.15) is 41.2 Å². The third-order valence-electron chi connectivity index (χ3n) is 5.75. The number of fused-ring (bicyclic) bond motifs is 1. The Hall–Kier alpha value is -2.45. The Kier molecular flexibility index (Phi) is 8.13. The maximum atomic E-state index is 11.3. The van der Waals surface area contributed by atoms with Gasteiger partial charge in [-0.15, -0.1) is 0 Å². The normalized spacial score (nSPS) is 18.2. The summed E-state index contributed by atoms with van der Waals surface area (Å²) < 4.78 is 17.4. The zero-order valence-electron chi connectivity index (χ0n) is 19.6. The molecule has 176 valence electrons. The van der Waals surface area contributed by atoms with E-state index in [4.69, 9.17) is 14.2 Å². The Morgan fingerprint density at radius 1 is 1.12 bits per heavy atom. The van der Waals surface area contributed by atoms with Crippen LogP contribution >= 0.6 is 27.7 Å². The van der Waals surface area contributed by atoms with Gasteiger partial charge in [-0.05, 0) is 109 Å². The number of benzene rings is 2. The van der Waals surface area contributed by atoms with Crippen molar-refractivity contribution >= 4 is 44.9 Å². The van der Waals surface area contributed by atoms with E-state index in [2.05, 4.69) is 48.9 Å². The second kappa shape index (κ2) is 10.7. The van der Waals surface area contributed by atoms with Gasteiger partial charge in [0, 0.05) is 5.56 Å². The molecule has 2 amide bonds. The Labute approximate surface area is 207 Å². The fourth-order valence-corrected chi connectivity index (χ4v) is 5.12. The van der Waals surface area contributed by atoms with Gasteiger partial charge in [-0.25, -0.2) is 0 Å². The van der Waals surface area contributed by atoms with Gasteiger partial charge < -0.3 is 14.2 Å². The van der Waals surface area contributed by atoms with Crippen LogP contribution in [0.3, 0.4) is 0 Å². The fourth-order valence-electron chi connectivity index (χ4n) is 3.87. The molecule has 6 nitrogen and oxygen atoms in total. The van der Waals surface area contributed by atoms with Gasteiger partial charge in [0.25, 0.3) is 11.1 Å². The SMILES string of the molecule is COc1c(C)c(C)c2c(c1C)CCC(C)O2.COc1ccc(/C=C2/SC(=O)NC2=O)cc1Br. The van der Waals surface area contributed by atoms with E-state index < -0.39 is 0 Å². The van der Waals surface area contributed by atoms with Crippen LogP contribution in [-0.4, -0.2) is 31.5 Å². The van der Waals surface area contributed by atoms with Crippen LogP contribution in [0.2, 0.25) is 0 Å². The summed E-state index contributed by atoms with van der Waals surface area (Å²) in [4.78, 5) is 22.7. The second-order valence-electron chi connectivity index (χ2n) is 7.93. The first-order valence-corrected chi connectivity index (χ1v) is 12.2. The largest absolute Gasteiger partial charge is 0.496 e. The van der Waals surface area contributed by atoms with Gasteiger partial charge in [-0.1, -0.05) is 6.07 Å². The third kappa shape index (κ3) is 5.55. The highest BCUT2D eigenvalue weighted by Crippen LogP contribution is 2.41. The maximum absolute atomic E-state index is 11.3. The molecule has 8 heteroatoms. The van der Waals surface area contributed by atoms with Crippen LogP contribution in [0.4, 0.5) is 4.79 Å². The Bertz CT molecular complexity index is 1130. The minimum Gasteiger partial charge on any atom is -0.496 e. The summed E-state index contributed by atoms with van der Waals surface area (Å²) in [7, 11) is 3.32. The first kappa shape index (κ1) is 25.2. The first-order chi connectivity index (χ1) is 15.7. The smallest absolute Gasteiger partial charge is 0.290 e. The molecular formula is C25H28BrNO5S. The molecule has 0 aliphatic carbocycles. The van der Waals surface area contributed by atoms with Crippen molar-refractivity contribution in [3.8, 4) is 17.2 Å². The fraction of sp³-hybridized carbons (Fsp3) is 0.360. The summed E-state index contributed by atoms with van der Waals surface area (Å²) in [6, 6.07) is 5.42. The number of carbonyl (C=O) groups excluding carboxylic acids is 2. The molecule has 33 heavy (non-hydrogen) atoms. The number of amides is 2. The molecule has 1 unspecified atom stereocenters. The van der Waals surface area contributed by atoms with Crippen LogP contribution in [0, 0.1) is 20.8 Å². The molecule has 0 spiro atoms. The Morgan fingerprint density at radius 2 is 1.85 bits per heavy atom. The maximum Gasteiger partial charge on any atom is 0.290 e. The van der Waals surface area contributed by atoms with Gasteiger partial charge in [0.15, 0.2) is 0 Å². The van der Waals surface area contributed by atoms with Crippen LogP contribution < -0.4 is 19.5 Å². The zero-order chi connectivity index (χ0) is 24.3. The number of hydrogen-bond donors (Lipinski definition) is 1. The van der Waals surface area contributed by atoms with Crippen molar-refractivity contribution in [3.63, 3.8) is 0 Å². The lowest BCUT2D eigenvalue weighted by molar-refractivity contribution is -0.115. The third-order valence-corrected chi connectivity index (χ3v) is 7.18. The molecule has 2 aliphatic rings. The topological polar surface area (TPSA) is 73.9 Å². The summed E-state index contributed by atoms with van der Waals surface area (Å²) in [5.41, 5.74) is 5.83. The molecule has 2 aliphatic heterocycles. The predicted molar refractivity (Wildman–Crippen MR) is 135 cm³/mol. The molecule has 1 saturated heterocycles. The average molecular weight is 534 g/mol. The van der Waals surface area contributed by atoms with E-state index >= 15 is 0 Å². The predicted octanol–water partition coefficient (Wildman–Crippen LogP) is 6.12. The molecular weight excluding hydrogens is 506 g/mol. The Balaban J connectivity index is 0.000000186. The van der Waals surface area contributed by atoms with Crippen molar-refractivity contribution in [1.82, 2.24) is 5.32 Å². The molecule has 1 N–H and O–H groups in total. The highest BCUT2D eigenvalue weighted by molar-refractivity contribution is 9.10. The van der Waals surface area contributed by atoms with Gasteiger partial charge in [0.1, 0.15) is 17.2 Å². The lowest BCUT2D eigenvalue weighted by Crippen LogP contribution is -2.21. The molecule has 2 heterocycles. The van der Waals surface area contributed by atoms with Crippen LogP contribution in [0.25, 0.3) is 6.08 Å². The molecule has 0 saturated carbocycles. The van der Waals surface area contributed by atoms with Gasteiger partial charge in [-0.3, -0.25) is 14.9 Å². The first-order valence-electron chi connectivity index (χ1n) is 10.6. The van der Waals surface area contributed by atoms with Gasteiger partial charge in [0.2, 0.25) is 0 Å². The molecule has 1 fully saturated rings. The molecule has 0 bridgehead atoms. The minimum atomic E-state index is -0.355. The van der Waals surface area contributed by atoms with E-state index in [0.717, 1.165) is 46.1 Å². The van der Waals surface area contributed by atoms with Crippen molar-refractivity contribution in [2.45, 2.75) is 46.6 Å². The zero-order valence-corrected chi connectivity index (χ0v) is 22.0. The monoisotopic (exact) mass is 533 g/mol. The molecule has 0 radical (unpaired) electrons. The number of nitrogens with one attached hydrogen (secondary N) is 1. The molecule has 0 aromatic heterocycles. The number of rotatable bonds is 3. The summed E-state index contributed by atoms with van der Waals surface area (Å²) in [5.74, 6) is 2.47. The van der Waals surface area contributed by atoms with Crippen molar-refractivity contribution in [3.05, 3.63) is 55.4 Å². The number of carbonyl (C=O) groups is 2. The number of thioether (sulfide) groups is 1. The van der Waals surface area contributed by atoms with Crippen molar-refractivity contribution in [2.24, 2.45) is 0 Å². The number of ether oxygens (including phenoxy) is 3. The van der Waals surface area contributed by atoms with Gasteiger partial charge >= 0.3 is 0 Å². The van der Waals surface area contributed by atoms with Crippen molar-refractivity contribution in [1.29, 1.82) is 0 Å². The number of methoxy groups -OCH3 is 2. The highest BCUT2D eigenvalue weighted by Gasteiger charge is 2.25. The lowest BCUT2D eigenvalue weighted by atomic mass is 9.92. The molecule has 2 aromatic rings. The van der Waals surface area contributed by atoms with Crippen molar-refractivity contribution in [2.75, 3.05) is 14.2 Å². The summed E-state index contributed by atoms with van der Waals surface area (Å²) >= 11 is 4.25. The van der Waals surface area contributed by atoms with E-state index in [1.54, 1.807) is 26.4 Å². The van der Waals surface area contributed by atoms with E-state index in [9.17, 15) is 9.59 Å². The molecule has 1 atom stereocenters. The van der Waals surface area contributed by atoms with Crippen molar-refractivity contribution < 1.29 is 23.8 Å². The van der Waals surface area contributed by atoms with Crippen LogP contribution in [0.5, 0.6) is 17.2 Å². The minimum absolute atomic E-state index is 0.332. The standard InChI is InChI=1S/C14H20O2.C11H8BrNO3S/c1-8-6-7-12-11(4)13(15-5)9(2)10(3)14(12)16-8;1-16-8-3-2-6(4-7(8)12)5-9-10(14)13-11(15)17-9/h8H,6-7H2,1-5H3;2-5H,1H3,(H,13,14,15)/b;9-5+. The van der Waals surface area contributed by atoms with E-state index in [-0.39, 0.29) is 11.1 Å². The van der Waals surface area contributed by atoms with Crippen LogP contribution in [-0.2, 0) is 11.2 Å². The second-order valence-corrected chi connectivity index (χ2v) is 9.80. The number of halogens is 1. The van der Waals surface area contributed by atoms with Gasteiger partial charge in [-0.2, -0.15) is 0 Å². The quantitative estimate of drug-likeness (QED) is 0.479. The summed E-state index contributed by atoms with van der Waals surface area (Å²) in [6.07, 6.45) is 4.19. The number of hydrogen-bond acceptors (Lipinski definition) is 6.